The molecule has 0 amide bonds. The smallest absolute Gasteiger partial charge is 0.352 e. The second-order valence-corrected chi connectivity index (χ2v) is 7.83. The Morgan fingerprint density at radius 3 is 2.84 bits per heavy atom. The van der Waals surface area contributed by atoms with Gasteiger partial charge in [0.1, 0.15) is 18.9 Å². The number of aliphatic hydroxyl groups is 1. The Morgan fingerprint density at radius 2 is 2.12 bits per heavy atom. The van der Waals surface area contributed by atoms with Crippen LogP contribution in [0.2, 0.25) is 0 Å². The number of aromatic nitrogens is 2. The van der Waals surface area contributed by atoms with E-state index < -0.39 is 34.6 Å². The van der Waals surface area contributed by atoms with Gasteiger partial charge in [0.25, 0.3) is 11.2 Å². The van der Waals surface area contributed by atoms with E-state index >= 15 is 0 Å². The largest absolute Gasteiger partial charge is 0.456 e. The fourth-order valence-electron chi connectivity index (χ4n) is 3.38. The molecule has 1 aromatic heterocycles. The highest BCUT2D eigenvalue weighted by atomic mass is 32.1. The Hall–Kier alpha value is -3.09. The van der Waals surface area contributed by atoms with Gasteiger partial charge in [-0.05, 0) is 6.92 Å². The van der Waals surface area contributed by atoms with E-state index in [-0.39, 0.29) is 36.5 Å². The number of nitro benzene ring substituents is 1. The first-order chi connectivity index (χ1) is 15.2. The summed E-state index contributed by atoms with van der Waals surface area (Å²) in [5.74, 6) is -0.314. The maximum absolute atomic E-state index is 12.0. The summed E-state index contributed by atoms with van der Waals surface area (Å²) in [5, 5.41) is 21.2. The molecule has 11 nitrogen and oxygen atoms in total. The minimum absolute atomic E-state index is 0.00306. The molecule has 2 heterocycles. The Kier molecular flexibility index (Phi) is 7.38. The van der Waals surface area contributed by atoms with E-state index in [0.717, 1.165) is 0 Å². The molecule has 0 spiro atoms. The molecule has 2 unspecified atom stereocenters. The van der Waals surface area contributed by atoms with Crippen molar-refractivity contribution in [2.75, 3.05) is 13.2 Å². The molecule has 1 saturated heterocycles. The third-order valence-corrected chi connectivity index (χ3v) is 5.38. The molecule has 1 aromatic carbocycles. The van der Waals surface area contributed by atoms with Crippen molar-refractivity contribution in [3.05, 3.63) is 72.5 Å². The van der Waals surface area contributed by atoms with Crippen LogP contribution in [0.1, 0.15) is 36.6 Å². The van der Waals surface area contributed by atoms with Gasteiger partial charge in [0.2, 0.25) is 0 Å². The van der Waals surface area contributed by atoms with Crippen LogP contribution in [0, 0.1) is 17.0 Å². The summed E-state index contributed by atoms with van der Waals surface area (Å²) < 4.78 is 17.7. The molecule has 0 aliphatic carbocycles. The minimum Gasteiger partial charge on any atom is -0.456 e. The lowest BCUT2D eigenvalue weighted by molar-refractivity contribution is -0.385. The average Bonchev–Trinajstić information content (AvgIpc) is 3.13. The highest BCUT2D eigenvalue weighted by Gasteiger charge is 2.36. The van der Waals surface area contributed by atoms with E-state index in [9.17, 15) is 24.8 Å². The minimum atomic E-state index is -0.923. The zero-order valence-corrected chi connectivity index (χ0v) is 18.2. The SMILES string of the molecule is Cc1cn([C@H]2CC(O)[C@@H](COC(=S)OCC(C)c3ccccc3[N+](=O)[O-])O2)c(=O)[nH]c1=O. The average molecular weight is 465 g/mol. The molecule has 12 heteroatoms. The van der Waals surface area contributed by atoms with Crippen molar-refractivity contribution in [1.29, 1.82) is 0 Å². The first-order valence-electron chi connectivity index (χ1n) is 9.85. The van der Waals surface area contributed by atoms with E-state index in [1.807, 2.05) is 0 Å². The van der Waals surface area contributed by atoms with Crippen LogP contribution in [-0.4, -0.2) is 50.2 Å². The van der Waals surface area contributed by atoms with Crippen LogP contribution in [-0.2, 0) is 14.2 Å². The van der Waals surface area contributed by atoms with Gasteiger partial charge in [0, 0.05) is 47.9 Å². The number of rotatable bonds is 7. The van der Waals surface area contributed by atoms with Crippen molar-refractivity contribution in [1.82, 2.24) is 9.55 Å². The summed E-state index contributed by atoms with van der Waals surface area (Å²) in [6, 6.07) is 6.37. The van der Waals surface area contributed by atoms with E-state index in [0.29, 0.717) is 11.1 Å². The molecule has 1 aliphatic heterocycles. The number of hydrogen-bond acceptors (Lipinski definition) is 9. The fourth-order valence-corrected chi connectivity index (χ4v) is 3.52. The van der Waals surface area contributed by atoms with Gasteiger partial charge in [-0.2, -0.15) is 0 Å². The monoisotopic (exact) mass is 465 g/mol. The van der Waals surface area contributed by atoms with Crippen LogP contribution in [0.25, 0.3) is 0 Å². The summed E-state index contributed by atoms with van der Waals surface area (Å²) in [7, 11) is 0. The fraction of sp³-hybridized carbons (Fsp3) is 0.450. The van der Waals surface area contributed by atoms with Crippen molar-refractivity contribution in [3.63, 3.8) is 0 Å². The Bertz CT molecular complexity index is 1110. The third-order valence-electron chi connectivity index (χ3n) is 5.14. The van der Waals surface area contributed by atoms with Gasteiger partial charge >= 0.3 is 10.9 Å². The molecule has 4 atom stereocenters. The molecule has 1 aliphatic rings. The predicted octanol–water partition coefficient (Wildman–Crippen LogP) is 1.52. The lowest BCUT2D eigenvalue weighted by atomic mass is 10.0. The van der Waals surface area contributed by atoms with Crippen LogP contribution in [0.15, 0.2) is 40.1 Å². The number of hydrogen-bond donors (Lipinski definition) is 2. The molecule has 2 aromatic rings. The first-order valence-corrected chi connectivity index (χ1v) is 10.3. The van der Waals surface area contributed by atoms with E-state index in [4.69, 9.17) is 26.4 Å². The number of aromatic amines is 1. The number of aliphatic hydroxyl groups excluding tert-OH is 1. The topological polar surface area (TPSA) is 146 Å². The number of nitro groups is 1. The quantitative estimate of drug-likeness (QED) is 0.353. The van der Waals surface area contributed by atoms with Gasteiger partial charge in [0.15, 0.2) is 0 Å². The van der Waals surface area contributed by atoms with E-state index in [1.165, 1.54) is 16.8 Å². The molecule has 32 heavy (non-hydrogen) atoms. The first kappa shape index (κ1) is 23.6. The van der Waals surface area contributed by atoms with E-state index in [1.54, 1.807) is 32.0 Å². The highest BCUT2D eigenvalue weighted by molar-refractivity contribution is 7.79. The third kappa shape index (κ3) is 5.39. The molecule has 3 rings (SSSR count). The standard InChI is InChI=1S/C20H23N3O8S/c1-11-8-22(19(26)21-18(11)25)17-7-15(24)16(31-17)10-30-20(32)29-9-12(2)13-5-3-4-6-14(13)23(27)28/h3-6,8,12,15-17,24H,7,9-10H2,1-2H3,(H,21,25,26)/t12?,15?,16-,17-/m1/s1. The van der Waals surface area contributed by atoms with Crippen molar-refractivity contribution in [2.24, 2.45) is 0 Å². The maximum Gasteiger partial charge on any atom is 0.352 e. The normalized spacial score (nSPS) is 21.2. The second-order valence-electron chi connectivity index (χ2n) is 7.50. The molecule has 0 saturated carbocycles. The number of ether oxygens (including phenoxy) is 3. The lowest BCUT2D eigenvalue weighted by Gasteiger charge is -2.18. The van der Waals surface area contributed by atoms with Gasteiger partial charge < -0.3 is 19.3 Å². The van der Waals surface area contributed by atoms with Gasteiger partial charge in [-0.3, -0.25) is 24.5 Å². The number of benzene rings is 1. The highest BCUT2D eigenvalue weighted by Crippen LogP contribution is 2.28. The van der Waals surface area contributed by atoms with Crippen molar-refractivity contribution in [3.8, 4) is 0 Å². The van der Waals surface area contributed by atoms with Crippen molar-refractivity contribution >= 4 is 23.1 Å². The van der Waals surface area contributed by atoms with Crippen molar-refractivity contribution < 1.29 is 24.2 Å². The maximum atomic E-state index is 12.0. The van der Waals surface area contributed by atoms with Crippen LogP contribution >= 0.6 is 12.2 Å². The Morgan fingerprint density at radius 1 is 1.41 bits per heavy atom. The Labute approximate surface area is 187 Å². The van der Waals surface area contributed by atoms with Crippen LogP contribution in [0.3, 0.4) is 0 Å². The van der Waals surface area contributed by atoms with E-state index in [2.05, 4.69) is 4.98 Å². The summed E-state index contributed by atoms with van der Waals surface area (Å²) in [6.45, 7) is 3.27. The molecule has 0 radical (unpaired) electrons. The number of nitrogens with zero attached hydrogens (tertiary/aromatic N) is 2. The zero-order valence-electron chi connectivity index (χ0n) is 17.4. The number of nitrogens with one attached hydrogen (secondary N) is 1. The zero-order chi connectivity index (χ0) is 23.4. The molecule has 1 fully saturated rings. The number of thiocarbonyl (C=S) groups is 1. The molecular formula is C20H23N3O8S. The lowest BCUT2D eigenvalue weighted by Crippen LogP contribution is -2.33. The van der Waals surface area contributed by atoms with Gasteiger partial charge in [-0.15, -0.1) is 0 Å². The van der Waals surface area contributed by atoms with Gasteiger partial charge in [-0.1, -0.05) is 25.1 Å². The van der Waals surface area contributed by atoms with Crippen LogP contribution in [0.5, 0.6) is 0 Å². The van der Waals surface area contributed by atoms with Gasteiger partial charge in [-0.25, -0.2) is 4.79 Å². The molecular weight excluding hydrogens is 442 g/mol. The molecule has 0 bridgehead atoms. The summed E-state index contributed by atoms with van der Waals surface area (Å²) in [6.07, 6.45) is -0.961. The summed E-state index contributed by atoms with van der Waals surface area (Å²) in [5.41, 5.74) is -0.273. The molecule has 2 N–H and O–H groups in total. The molecule has 172 valence electrons. The van der Waals surface area contributed by atoms with Crippen molar-refractivity contribution in [2.45, 2.75) is 44.6 Å². The van der Waals surface area contributed by atoms with Gasteiger partial charge in [0.05, 0.1) is 17.6 Å². The number of H-pyrrole nitrogens is 1. The van der Waals surface area contributed by atoms with Crippen LogP contribution < -0.4 is 11.2 Å². The second kappa shape index (κ2) is 10.0. The van der Waals surface area contributed by atoms with Crippen LogP contribution in [0.4, 0.5) is 5.69 Å². The predicted molar refractivity (Wildman–Crippen MR) is 117 cm³/mol. The summed E-state index contributed by atoms with van der Waals surface area (Å²) >= 11 is 5.04. The Balaban J connectivity index is 1.52. The number of aryl methyl sites for hydroxylation is 1. The number of para-hydroxylation sites is 1. The summed E-state index contributed by atoms with van der Waals surface area (Å²) in [4.78, 5) is 36.5.